The average molecular weight is 260 g/mol. The van der Waals surface area contributed by atoms with Gasteiger partial charge in [-0.2, -0.15) is 5.26 Å². The Labute approximate surface area is 110 Å². The maximum atomic E-state index is 8.57. The van der Waals surface area contributed by atoms with Crippen LogP contribution in [0.15, 0.2) is 36.5 Å². The van der Waals surface area contributed by atoms with Crippen LogP contribution in [-0.2, 0) is 0 Å². The fraction of sp³-hybridized carbons (Fsp3) is 0.357. The van der Waals surface area contributed by atoms with Gasteiger partial charge in [-0.1, -0.05) is 18.3 Å². The van der Waals surface area contributed by atoms with Crippen LogP contribution in [0, 0.1) is 11.3 Å². The summed E-state index contributed by atoms with van der Waals surface area (Å²) in [6, 6.07) is 10.6. The Morgan fingerprint density at radius 2 is 2.11 bits per heavy atom. The van der Waals surface area contributed by atoms with Crippen LogP contribution in [0.1, 0.15) is 12.8 Å². The summed E-state index contributed by atoms with van der Waals surface area (Å²) in [5, 5.41) is 8.57. The summed E-state index contributed by atoms with van der Waals surface area (Å²) in [5.41, 5.74) is 8.40. The monoisotopic (exact) mass is 260 g/mol. The molecule has 1 aromatic rings. The molecule has 2 N–H and O–H groups in total. The van der Waals surface area contributed by atoms with Crippen molar-refractivity contribution in [2.45, 2.75) is 25.4 Å². The van der Waals surface area contributed by atoms with Gasteiger partial charge in [-0.05, 0) is 30.7 Å². The van der Waals surface area contributed by atoms with E-state index in [2.05, 4.69) is 19.2 Å². The van der Waals surface area contributed by atoms with Gasteiger partial charge in [-0.15, -0.1) is 6.58 Å². The van der Waals surface area contributed by atoms with Crippen LogP contribution in [-0.4, -0.2) is 14.3 Å². The van der Waals surface area contributed by atoms with Crippen LogP contribution < -0.4 is 10.5 Å². The van der Waals surface area contributed by atoms with Gasteiger partial charge < -0.3 is 10.5 Å². The van der Waals surface area contributed by atoms with Crippen molar-refractivity contribution in [1.82, 2.24) is 0 Å². The summed E-state index contributed by atoms with van der Waals surface area (Å²) in [5.74, 6) is 0.838. The first-order valence-electron chi connectivity index (χ1n) is 6.08. The zero-order chi connectivity index (χ0) is 13.4. The summed E-state index contributed by atoms with van der Waals surface area (Å²) >= 11 is 0. The predicted molar refractivity (Wildman–Crippen MR) is 77.8 cm³/mol. The molecule has 1 unspecified atom stereocenters. The molecule has 18 heavy (non-hydrogen) atoms. The summed E-state index contributed by atoms with van der Waals surface area (Å²) in [4.78, 5) is 0. The molecule has 0 amide bonds. The molecule has 0 radical (unpaired) electrons. The Morgan fingerprint density at radius 1 is 1.44 bits per heavy atom. The van der Waals surface area contributed by atoms with Crippen LogP contribution in [0.3, 0.4) is 0 Å². The number of anilines is 1. The molecule has 0 heterocycles. The normalized spacial score (nSPS) is 13.3. The number of nitrogens with two attached hydrogens (primary N) is 1. The quantitative estimate of drug-likeness (QED) is 0.465. The molecule has 96 valence electrons. The van der Waals surface area contributed by atoms with Gasteiger partial charge in [-0.3, -0.25) is 0 Å². The summed E-state index contributed by atoms with van der Waals surface area (Å²) < 4.78 is 5.80. The summed E-state index contributed by atoms with van der Waals surface area (Å²) in [7, 11) is -1.60. The SMILES string of the molecule is C=C[Si](C)(CCCC#N)COc1ccc(N)cc1. The van der Waals surface area contributed by atoms with E-state index >= 15 is 0 Å². The zero-order valence-corrected chi connectivity index (χ0v) is 11.9. The lowest BCUT2D eigenvalue weighted by molar-refractivity contribution is 0.377. The van der Waals surface area contributed by atoms with E-state index < -0.39 is 8.07 Å². The molecule has 0 spiro atoms. The van der Waals surface area contributed by atoms with E-state index in [4.69, 9.17) is 15.7 Å². The zero-order valence-electron chi connectivity index (χ0n) is 10.9. The van der Waals surface area contributed by atoms with Gasteiger partial charge in [0.1, 0.15) is 13.8 Å². The second kappa shape index (κ2) is 6.87. The van der Waals surface area contributed by atoms with Crippen LogP contribution in [0.2, 0.25) is 12.6 Å². The highest BCUT2D eigenvalue weighted by Gasteiger charge is 2.23. The molecule has 0 aliphatic rings. The second-order valence-corrected chi connectivity index (χ2v) is 9.23. The van der Waals surface area contributed by atoms with E-state index in [1.165, 1.54) is 0 Å². The molecule has 0 saturated heterocycles. The van der Waals surface area contributed by atoms with Gasteiger partial charge in [0.15, 0.2) is 0 Å². The Bertz CT molecular complexity index is 424. The van der Waals surface area contributed by atoms with E-state index in [1.54, 1.807) is 0 Å². The lowest BCUT2D eigenvalue weighted by Crippen LogP contribution is -2.36. The van der Waals surface area contributed by atoms with Gasteiger partial charge in [0, 0.05) is 12.1 Å². The minimum absolute atomic E-state index is 0.609. The van der Waals surface area contributed by atoms with E-state index in [-0.39, 0.29) is 0 Å². The first kappa shape index (κ1) is 14.3. The Balaban J connectivity index is 2.50. The lowest BCUT2D eigenvalue weighted by Gasteiger charge is -2.23. The van der Waals surface area contributed by atoms with E-state index in [1.807, 2.05) is 30.0 Å². The van der Waals surface area contributed by atoms with Crippen LogP contribution in [0.25, 0.3) is 0 Å². The molecule has 0 saturated carbocycles. The number of nitrogens with zero attached hydrogens (tertiary/aromatic N) is 1. The topological polar surface area (TPSA) is 59.0 Å². The van der Waals surface area contributed by atoms with E-state index in [0.717, 1.165) is 23.9 Å². The fourth-order valence-corrected chi connectivity index (χ4v) is 3.56. The third-order valence-corrected chi connectivity index (χ3v) is 6.26. The molecule has 1 rings (SSSR count). The predicted octanol–water partition coefficient (Wildman–Crippen LogP) is 3.29. The highest BCUT2D eigenvalue weighted by Crippen LogP contribution is 2.19. The van der Waals surface area contributed by atoms with Crippen molar-refractivity contribution in [3.8, 4) is 11.8 Å². The maximum absolute atomic E-state index is 8.57. The van der Waals surface area contributed by atoms with E-state index in [9.17, 15) is 0 Å². The molecule has 1 atom stereocenters. The lowest BCUT2D eigenvalue weighted by atomic mass is 10.3. The van der Waals surface area contributed by atoms with Crippen molar-refractivity contribution in [1.29, 1.82) is 5.26 Å². The molecule has 1 aromatic carbocycles. The van der Waals surface area contributed by atoms with Crippen molar-refractivity contribution in [3.63, 3.8) is 0 Å². The molecule has 0 fully saturated rings. The maximum Gasteiger partial charge on any atom is 0.118 e. The van der Waals surface area contributed by atoms with Crippen molar-refractivity contribution in [3.05, 3.63) is 36.5 Å². The van der Waals surface area contributed by atoms with Gasteiger partial charge >= 0.3 is 0 Å². The van der Waals surface area contributed by atoms with Gasteiger partial charge in [0.05, 0.1) is 12.3 Å². The first-order valence-corrected chi connectivity index (χ1v) is 9.08. The molecule has 0 aliphatic carbocycles. The molecule has 0 bridgehead atoms. The number of rotatable bonds is 7. The van der Waals surface area contributed by atoms with Crippen molar-refractivity contribution >= 4 is 13.8 Å². The smallest absolute Gasteiger partial charge is 0.118 e. The molecule has 3 nitrogen and oxygen atoms in total. The van der Waals surface area contributed by atoms with E-state index in [0.29, 0.717) is 12.7 Å². The first-order chi connectivity index (χ1) is 8.59. The number of nitriles is 1. The van der Waals surface area contributed by atoms with Crippen LogP contribution in [0.5, 0.6) is 5.75 Å². The number of nitrogen functional groups attached to an aromatic ring is 1. The number of ether oxygens (including phenoxy) is 1. The molecule has 0 aliphatic heterocycles. The summed E-state index contributed by atoms with van der Waals surface area (Å²) in [6.07, 6.45) is 2.24. The minimum Gasteiger partial charge on any atom is -0.497 e. The van der Waals surface area contributed by atoms with Gasteiger partial charge in [-0.25, -0.2) is 0 Å². The van der Waals surface area contributed by atoms with Crippen molar-refractivity contribution in [2.24, 2.45) is 0 Å². The van der Waals surface area contributed by atoms with Crippen molar-refractivity contribution in [2.75, 3.05) is 12.0 Å². The van der Waals surface area contributed by atoms with Gasteiger partial charge in [0.25, 0.3) is 0 Å². The van der Waals surface area contributed by atoms with Crippen LogP contribution in [0.4, 0.5) is 5.69 Å². The third-order valence-electron chi connectivity index (χ3n) is 2.98. The number of benzene rings is 1. The average Bonchev–Trinajstić information content (AvgIpc) is 2.38. The number of unbranched alkanes of at least 4 members (excludes halogenated alkanes) is 1. The molecular formula is C14H20N2OSi. The molecular weight excluding hydrogens is 240 g/mol. The van der Waals surface area contributed by atoms with Crippen molar-refractivity contribution < 1.29 is 4.74 Å². The molecule has 4 heteroatoms. The minimum atomic E-state index is -1.60. The second-order valence-electron chi connectivity index (χ2n) is 4.73. The van der Waals surface area contributed by atoms with Crippen LogP contribution >= 0.6 is 0 Å². The number of hydrogen-bond donors (Lipinski definition) is 1. The Morgan fingerprint density at radius 3 is 2.67 bits per heavy atom. The molecule has 0 aromatic heterocycles. The largest absolute Gasteiger partial charge is 0.497 e. The van der Waals surface area contributed by atoms with Gasteiger partial charge in [0.2, 0.25) is 0 Å². The highest BCUT2D eigenvalue weighted by atomic mass is 28.3. The Hall–Kier alpha value is -1.73. The highest BCUT2D eigenvalue weighted by molar-refractivity contribution is 6.83. The number of hydrogen-bond acceptors (Lipinski definition) is 3. The Kier molecular flexibility index (Phi) is 5.47. The third kappa shape index (κ3) is 4.64. The fourth-order valence-electron chi connectivity index (χ4n) is 1.62. The summed E-state index contributed by atoms with van der Waals surface area (Å²) in [6.45, 7) is 6.15. The standard InChI is InChI=1S/C14H20N2OSi/c1-3-18(2,11-5-4-10-15)12-17-14-8-6-13(16)7-9-14/h3,6-9H,1,4-5,11-12,16H2,2H3.